The first-order chi connectivity index (χ1) is 7.75. The topological polar surface area (TPSA) is 49.4 Å². The molecule has 0 radical (unpaired) electrons. The number of carbonyl (C=O) groups excluding carboxylic acids is 2. The molecule has 16 heavy (non-hydrogen) atoms. The lowest BCUT2D eigenvalue weighted by molar-refractivity contribution is -0.132. The van der Waals surface area contributed by atoms with Crippen LogP contribution < -0.4 is 5.32 Å². The number of hydrogen-bond donors (Lipinski definition) is 1. The van der Waals surface area contributed by atoms with Crippen LogP contribution in [0, 0.1) is 5.92 Å². The van der Waals surface area contributed by atoms with Crippen molar-refractivity contribution in [2.75, 3.05) is 19.6 Å². The van der Waals surface area contributed by atoms with E-state index in [2.05, 4.69) is 5.32 Å². The Morgan fingerprint density at radius 1 is 1.12 bits per heavy atom. The van der Waals surface area contributed by atoms with E-state index in [-0.39, 0.29) is 11.8 Å². The Kier molecular flexibility index (Phi) is 3.80. The van der Waals surface area contributed by atoms with Crippen molar-refractivity contribution < 1.29 is 9.59 Å². The van der Waals surface area contributed by atoms with Gasteiger partial charge in [-0.2, -0.15) is 0 Å². The number of amides is 2. The van der Waals surface area contributed by atoms with Gasteiger partial charge in [0.15, 0.2) is 0 Å². The predicted octanol–water partition coefficient (Wildman–Crippen LogP) is 0.915. The highest BCUT2D eigenvalue weighted by Crippen LogP contribution is 2.27. The molecule has 1 N–H and O–H groups in total. The first kappa shape index (κ1) is 11.4. The highest BCUT2D eigenvalue weighted by Gasteiger charge is 2.22. The van der Waals surface area contributed by atoms with Crippen molar-refractivity contribution >= 4 is 11.8 Å². The van der Waals surface area contributed by atoms with Crippen LogP contribution in [0.5, 0.6) is 0 Å². The van der Waals surface area contributed by atoms with Crippen LogP contribution in [0.3, 0.4) is 0 Å². The molecule has 2 fully saturated rings. The van der Waals surface area contributed by atoms with Crippen molar-refractivity contribution in [1.29, 1.82) is 0 Å². The molecule has 2 aliphatic rings. The predicted molar refractivity (Wildman–Crippen MR) is 60.8 cm³/mol. The van der Waals surface area contributed by atoms with Gasteiger partial charge in [-0.3, -0.25) is 9.59 Å². The Morgan fingerprint density at radius 2 is 1.81 bits per heavy atom. The summed E-state index contributed by atoms with van der Waals surface area (Å²) in [5.41, 5.74) is 0. The van der Waals surface area contributed by atoms with Gasteiger partial charge >= 0.3 is 0 Å². The monoisotopic (exact) mass is 224 g/mol. The van der Waals surface area contributed by atoms with E-state index in [1.807, 2.05) is 4.90 Å². The van der Waals surface area contributed by atoms with Crippen LogP contribution in [0.4, 0.5) is 0 Å². The average molecular weight is 224 g/mol. The van der Waals surface area contributed by atoms with Crippen molar-refractivity contribution in [3.8, 4) is 0 Å². The van der Waals surface area contributed by atoms with E-state index in [0.29, 0.717) is 18.8 Å². The number of nitrogens with one attached hydrogen (secondary N) is 1. The fraction of sp³-hybridized carbons (Fsp3) is 0.833. The second-order valence-corrected chi connectivity index (χ2v) is 4.84. The van der Waals surface area contributed by atoms with E-state index in [1.54, 1.807) is 0 Å². The fourth-order valence-corrected chi connectivity index (χ4v) is 2.01. The first-order valence-electron chi connectivity index (χ1n) is 6.30. The Hall–Kier alpha value is -1.06. The van der Waals surface area contributed by atoms with Gasteiger partial charge in [0.1, 0.15) is 0 Å². The second-order valence-electron chi connectivity index (χ2n) is 4.84. The summed E-state index contributed by atoms with van der Waals surface area (Å²) >= 11 is 0. The van der Waals surface area contributed by atoms with Crippen LogP contribution in [0.25, 0.3) is 0 Å². The summed E-state index contributed by atoms with van der Waals surface area (Å²) in [5, 5.41) is 2.88. The van der Waals surface area contributed by atoms with Gasteiger partial charge in [-0.15, -0.1) is 0 Å². The maximum absolute atomic E-state index is 11.6. The molecule has 0 aromatic rings. The van der Waals surface area contributed by atoms with Crippen LogP contribution in [0.2, 0.25) is 0 Å². The number of rotatable bonds is 5. The van der Waals surface area contributed by atoms with Crippen LogP contribution in [0.1, 0.15) is 38.5 Å². The Morgan fingerprint density at radius 3 is 2.44 bits per heavy atom. The van der Waals surface area contributed by atoms with Crippen LogP contribution in [-0.2, 0) is 9.59 Å². The van der Waals surface area contributed by atoms with Crippen LogP contribution in [0.15, 0.2) is 0 Å². The second kappa shape index (κ2) is 5.32. The minimum absolute atomic E-state index is 0.0273. The van der Waals surface area contributed by atoms with E-state index in [0.717, 1.165) is 32.5 Å². The summed E-state index contributed by atoms with van der Waals surface area (Å²) in [7, 11) is 0. The molecule has 1 aliphatic carbocycles. The van der Waals surface area contributed by atoms with Gasteiger partial charge in [-0.05, 0) is 31.6 Å². The van der Waals surface area contributed by atoms with Crippen molar-refractivity contribution in [3.05, 3.63) is 0 Å². The molecule has 0 spiro atoms. The third-order valence-corrected chi connectivity index (χ3v) is 3.31. The normalized spacial score (nSPS) is 19.9. The van der Waals surface area contributed by atoms with E-state index in [4.69, 9.17) is 0 Å². The molecule has 90 valence electrons. The molecule has 0 unspecified atom stereocenters. The quantitative estimate of drug-likeness (QED) is 0.754. The largest absolute Gasteiger partial charge is 0.356 e. The van der Waals surface area contributed by atoms with Crippen molar-refractivity contribution in [3.63, 3.8) is 0 Å². The number of hydrogen-bond acceptors (Lipinski definition) is 2. The molecule has 1 aliphatic heterocycles. The summed E-state index contributed by atoms with van der Waals surface area (Å²) in [5.74, 6) is 0.872. The molecular weight excluding hydrogens is 204 g/mol. The molecule has 1 saturated heterocycles. The summed E-state index contributed by atoms with van der Waals surface area (Å²) in [6, 6.07) is 0. The molecule has 1 heterocycles. The minimum atomic E-state index is 0.0273. The Labute approximate surface area is 96.4 Å². The molecule has 1 saturated carbocycles. The van der Waals surface area contributed by atoms with Gasteiger partial charge in [-0.25, -0.2) is 0 Å². The third kappa shape index (κ3) is 3.51. The highest BCUT2D eigenvalue weighted by molar-refractivity contribution is 5.83. The van der Waals surface area contributed by atoms with E-state index in [9.17, 15) is 9.59 Å². The van der Waals surface area contributed by atoms with E-state index >= 15 is 0 Å². The fourth-order valence-electron chi connectivity index (χ4n) is 2.01. The van der Waals surface area contributed by atoms with Crippen molar-refractivity contribution in [1.82, 2.24) is 10.2 Å². The van der Waals surface area contributed by atoms with E-state index < -0.39 is 0 Å². The summed E-state index contributed by atoms with van der Waals surface area (Å²) in [6.45, 7) is 2.56. The van der Waals surface area contributed by atoms with Gasteiger partial charge in [-0.1, -0.05) is 0 Å². The molecule has 2 rings (SSSR count). The lowest BCUT2D eigenvalue weighted by Crippen LogP contribution is -2.30. The van der Waals surface area contributed by atoms with Crippen molar-refractivity contribution in [2.24, 2.45) is 5.92 Å². The zero-order valence-electron chi connectivity index (χ0n) is 9.71. The molecule has 4 nitrogen and oxygen atoms in total. The molecule has 0 aromatic carbocycles. The lowest BCUT2D eigenvalue weighted by Gasteiger charge is -2.14. The standard InChI is InChI=1S/C12H20N2O2/c15-11(13-9-10-3-4-10)5-6-12(16)14-7-1-2-8-14/h10H,1-9H2,(H,13,15). The molecule has 2 amide bonds. The number of likely N-dealkylation sites (tertiary alicyclic amines) is 1. The molecule has 0 atom stereocenters. The van der Waals surface area contributed by atoms with Gasteiger partial charge in [0.2, 0.25) is 11.8 Å². The summed E-state index contributed by atoms with van der Waals surface area (Å²) in [6.07, 6.45) is 5.43. The Bertz CT molecular complexity index is 268. The molecule has 0 aromatic heterocycles. The smallest absolute Gasteiger partial charge is 0.223 e. The maximum Gasteiger partial charge on any atom is 0.223 e. The Balaban J connectivity index is 1.57. The molecule has 0 bridgehead atoms. The van der Waals surface area contributed by atoms with Gasteiger partial charge in [0.05, 0.1) is 0 Å². The van der Waals surface area contributed by atoms with Gasteiger partial charge < -0.3 is 10.2 Å². The SMILES string of the molecule is O=C(CCC(=O)N1CCCC1)NCC1CC1. The molecular formula is C12H20N2O2. The van der Waals surface area contributed by atoms with Crippen LogP contribution in [-0.4, -0.2) is 36.3 Å². The maximum atomic E-state index is 11.6. The third-order valence-electron chi connectivity index (χ3n) is 3.31. The van der Waals surface area contributed by atoms with Crippen molar-refractivity contribution in [2.45, 2.75) is 38.5 Å². The number of carbonyl (C=O) groups is 2. The molecule has 4 heteroatoms. The first-order valence-corrected chi connectivity index (χ1v) is 6.30. The van der Waals surface area contributed by atoms with Gasteiger partial charge in [0.25, 0.3) is 0 Å². The number of nitrogens with zero attached hydrogens (tertiary/aromatic N) is 1. The highest BCUT2D eigenvalue weighted by atomic mass is 16.2. The van der Waals surface area contributed by atoms with Crippen LogP contribution >= 0.6 is 0 Å². The van der Waals surface area contributed by atoms with Gasteiger partial charge in [0, 0.05) is 32.5 Å². The average Bonchev–Trinajstić information content (AvgIpc) is 2.95. The summed E-state index contributed by atoms with van der Waals surface area (Å²) < 4.78 is 0. The minimum Gasteiger partial charge on any atom is -0.356 e. The van der Waals surface area contributed by atoms with E-state index in [1.165, 1.54) is 12.8 Å². The summed E-state index contributed by atoms with van der Waals surface area (Å²) in [4.78, 5) is 24.9. The zero-order valence-corrected chi connectivity index (χ0v) is 9.71. The lowest BCUT2D eigenvalue weighted by atomic mass is 10.2. The zero-order chi connectivity index (χ0) is 11.4.